The fraction of sp³-hybridized carbons (Fsp3) is 0.125. The first kappa shape index (κ1) is 16.0. The van der Waals surface area contributed by atoms with Crippen LogP contribution in [0.15, 0.2) is 48.9 Å². The summed E-state index contributed by atoms with van der Waals surface area (Å²) in [6.45, 7) is -2.80. The molecule has 4 nitrogen and oxygen atoms in total. The molecular weight excluding hydrogens is 326 g/mol. The van der Waals surface area contributed by atoms with E-state index in [-0.39, 0.29) is 0 Å². The van der Waals surface area contributed by atoms with E-state index in [0.717, 1.165) is 18.3 Å². The minimum atomic E-state index is -3.09. The van der Waals surface area contributed by atoms with Gasteiger partial charge in [0.05, 0.1) is 18.4 Å². The van der Waals surface area contributed by atoms with Gasteiger partial charge in [0.2, 0.25) is 0 Å². The van der Waals surface area contributed by atoms with Crippen LogP contribution in [0.2, 0.25) is 0 Å². The van der Waals surface area contributed by atoms with Gasteiger partial charge in [-0.15, -0.1) is 0 Å². The Bertz CT molecular complexity index is 851. The standard InChI is InChI=1S/C16H11F4N3O/c17-12-5-10(7-21-8-12)9-23-4-3-14(22-23)11-1-2-15(13(18)6-11)24-16(19)20/h1-8,16H,9H2. The zero-order valence-electron chi connectivity index (χ0n) is 12.2. The van der Waals surface area contributed by atoms with Crippen LogP contribution in [0.4, 0.5) is 17.6 Å². The first-order valence-corrected chi connectivity index (χ1v) is 6.89. The summed E-state index contributed by atoms with van der Waals surface area (Å²) in [6, 6.07) is 6.58. The molecular formula is C16H11F4N3O. The van der Waals surface area contributed by atoms with Crippen LogP contribution in [0.3, 0.4) is 0 Å². The summed E-state index contributed by atoms with van der Waals surface area (Å²) in [5.74, 6) is -1.88. The molecule has 8 heteroatoms. The van der Waals surface area contributed by atoms with Gasteiger partial charge in [-0.25, -0.2) is 8.78 Å². The molecule has 0 amide bonds. The molecule has 3 rings (SSSR count). The van der Waals surface area contributed by atoms with Crippen LogP contribution in [-0.4, -0.2) is 21.4 Å². The zero-order valence-corrected chi connectivity index (χ0v) is 12.2. The molecule has 0 radical (unpaired) electrons. The summed E-state index contributed by atoms with van der Waals surface area (Å²) in [5, 5.41) is 4.25. The SMILES string of the molecule is Fc1cncc(Cn2ccc(-c3ccc(OC(F)F)c(F)c3)n2)c1. The van der Waals surface area contributed by atoms with Crippen molar-refractivity contribution in [2.75, 3.05) is 0 Å². The smallest absolute Gasteiger partial charge is 0.387 e. The monoisotopic (exact) mass is 337 g/mol. The number of nitrogens with zero attached hydrogens (tertiary/aromatic N) is 3. The highest BCUT2D eigenvalue weighted by Gasteiger charge is 2.12. The summed E-state index contributed by atoms with van der Waals surface area (Å²) < 4.78 is 56.7. The van der Waals surface area contributed by atoms with Gasteiger partial charge >= 0.3 is 6.61 Å². The third-order valence-corrected chi connectivity index (χ3v) is 3.19. The molecule has 0 unspecified atom stereocenters. The summed E-state index contributed by atoms with van der Waals surface area (Å²) in [7, 11) is 0. The van der Waals surface area contributed by atoms with Gasteiger partial charge in [-0.3, -0.25) is 9.67 Å². The second-order valence-corrected chi connectivity index (χ2v) is 4.93. The van der Waals surface area contributed by atoms with E-state index in [1.54, 1.807) is 12.3 Å². The number of alkyl halides is 2. The molecule has 0 aliphatic heterocycles. The van der Waals surface area contributed by atoms with Gasteiger partial charge in [0.25, 0.3) is 0 Å². The van der Waals surface area contributed by atoms with E-state index >= 15 is 0 Å². The molecule has 24 heavy (non-hydrogen) atoms. The third-order valence-electron chi connectivity index (χ3n) is 3.19. The van der Waals surface area contributed by atoms with Crippen LogP contribution in [0.5, 0.6) is 5.75 Å². The molecule has 124 valence electrons. The largest absolute Gasteiger partial charge is 0.432 e. The van der Waals surface area contributed by atoms with Crippen molar-refractivity contribution in [1.82, 2.24) is 14.8 Å². The minimum Gasteiger partial charge on any atom is -0.432 e. The summed E-state index contributed by atoms with van der Waals surface area (Å²) in [6.07, 6.45) is 4.26. The lowest BCUT2D eigenvalue weighted by molar-refractivity contribution is -0.0521. The van der Waals surface area contributed by atoms with Crippen molar-refractivity contribution in [2.45, 2.75) is 13.2 Å². The Morgan fingerprint density at radius 1 is 1.08 bits per heavy atom. The van der Waals surface area contributed by atoms with Crippen LogP contribution in [0.1, 0.15) is 5.56 Å². The number of pyridine rings is 1. The predicted molar refractivity (Wildman–Crippen MR) is 77.6 cm³/mol. The van der Waals surface area contributed by atoms with Gasteiger partial charge in [0.15, 0.2) is 11.6 Å². The number of halogens is 4. The van der Waals surface area contributed by atoms with Crippen LogP contribution in [0, 0.1) is 11.6 Å². The van der Waals surface area contributed by atoms with Crippen molar-refractivity contribution < 1.29 is 22.3 Å². The van der Waals surface area contributed by atoms with Gasteiger partial charge in [0, 0.05) is 18.0 Å². The lowest BCUT2D eigenvalue weighted by Crippen LogP contribution is -2.03. The molecule has 0 atom stereocenters. The number of benzene rings is 1. The maximum absolute atomic E-state index is 13.8. The molecule has 1 aromatic carbocycles. The van der Waals surface area contributed by atoms with Gasteiger partial charge in [-0.2, -0.15) is 13.9 Å². The van der Waals surface area contributed by atoms with Crippen molar-refractivity contribution in [3.05, 3.63) is 66.1 Å². The predicted octanol–water partition coefficient (Wildman–Crippen LogP) is 3.87. The Morgan fingerprint density at radius 2 is 1.92 bits per heavy atom. The lowest BCUT2D eigenvalue weighted by Gasteiger charge is -2.06. The maximum atomic E-state index is 13.8. The Kier molecular flexibility index (Phi) is 4.45. The zero-order chi connectivity index (χ0) is 17.1. The third kappa shape index (κ3) is 3.70. The minimum absolute atomic E-state index is 0.291. The normalized spacial score (nSPS) is 11.0. The van der Waals surface area contributed by atoms with Gasteiger partial charge in [-0.1, -0.05) is 0 Å². The van der Waals surface area contributed by atoms with Gasteiger partial charge in [-0.05, 0) is 35.9 Å². The summed E-state index contributed by atoms with van der Waals surface area (Å²) in [5.41, 5.74) is 1.48. The second kappa shape index (κ2) is 6.69. The van der Waals surface area contributed by atoms with E-state index in [2.05, 4.69) is 14.8 Å². The quantitative estimate of drug-likeness (QED) is 0.664. The van der Waals surface area contributed by atoms with Gasteiger partial charge in [0.1, 0.15) is 5.82 Å². The van der Waals surface area contributed by atoms with E-state index in [4.69, 9.17) is 0 Å². The van der Waals surface area contributed by atoms with Crippen LogP contribution >= 0.6 is 0 Å². The Morgan fingerprint density at radius 3 is 2.62 bits per heavy atom. The van der Waals surface area contributed by atoms with E-state index in [9.17, 15) is 17.6 Å². The fourth-order valence-corrected chi connectivity index (χ4v) is 2.18. The number of aromatic nitrogens is 3. The van der Waals surface area contributed by atoms with E-state index in [0.29, 0.717) is 23.4 Å². The second-order valence-electron chi connectivity index (χ2n) is 4.93. The first-order valence-electron chi connectivity index (χ1n) is 6.89. The molecule has 0 saturated carbocycles. The van der Waals surface area contributed by atoms with E-state index in [1.165, 1.54) is 23.0 Å². The molecule has 0 saturated heterocycles. The molecule has 0 N–H and O–H groups in total. The highest BCUT2D eigenvalue weighted by molar-refractivity contribution is 5.59. The first-order chi connectivity index (χ1) is 11.5. The number of rotatable bonds is 5. The van der Waals surface area contributed by atoms with Crippen molar-refractivity contribution >= 4 is 0 Å². The maximum Gasteiger partial charge on any atom is 0.387 e. The molecule has 0 aliphatic rings. The topological polar surface area (TPSA) is 39.9 Å². The van der Waals surface area contributed by atoms with Crippen LogP contribution < -0.4 is 4.74 Å². The molecule has 3 aromatic rings. The Labute approximate surface area is 134 Å². The Hall–Kier alpha value is -2.90. The average Bonchev–Trinajstić information content (AvgIpc) is 2.97. The highest BCUT2D eigenvalue weighted by atomic mass is 19.3. The van der Waals surface area contributed by atoms with Crippen LogP contribution in [-0.2, 0) is 6.54 Å². The van der Waals surface area contributed by atoms with Crippen LogP contribution in [0.25, 0.3) is 11.3 Å². The van der Waals surface area contributed by atoms with Crippen molar-refractivity contribution in [3.8, 4) is 17.0 Å². The number of ether oxygens (including phenoxy) is 1. The molecule has 0 spiro atoms. The average molecular weight is 337 g/mol. The molecule has 0 aliphatic carbocycles. The van der Waals surface area contributed by atoms with Crippen molar-refractivity contribution in [2.24, 2.45) is 0 Å². The molecule has 2 aromatic heterocycles. The number of hydrogen-bond acceptors (Lipinski definition) is 3. The summed E-state index contributed by atoms with van der Waals surface area (Å²) in [4.78, 5) is 3.75. The van der Waals surface area contributed by atoms with Gasteiger partial charge < -0.3 is 4.74 Å². The highest BCUT2D eigenvalue weighted by Crippen LogP contribution is 2.25. The molecule has 0 bridgehead atoms. The van der Waals surface area contributed by atoms with E-state index < -0.39 is 24.0 Å². The van der Waals surface area contributed by atoms with Crippen molar-refractivity contribution in [1.29, 1.82) is 0 Å². The Balaban J connectivity index is 1.79. The molecule has 2 heterocycles. The summed E-state index contributed by atoms with van der Waals surface area (Å²) >= 11 is 0. The lowest BCUT2D eigenvalue weighted by atomic mass is 10.1. The molecule has 0 fully saturated rings. The van der Waals surface area contributed by atoms with Crippen molar-refractivity contribution in [3.63, 3.8) is 0 Å². The fourth-order valence-electron chi connectivity index (χ4n) is 2.18. The van der Waals surface area contributed by atoms with E-state index in [1.807, 2.05) is 0 Å². The number of hydrogen-bond donors (Lipinski definition) is 0.